The van der Waals surface area contributed by atoms with Gasteiger partial charge in [0.05, 0.1) is 12.0 Å². The van der Waals surface area contributed by atoms with Gasteiger partial charge in [0.1, 0.15) is 5.76 Å². The van der Waals surface area contributed by atoms with Crippen LogP contribution in [0.3, 0.4) is 0 Å². The summed E-state index contributed by atoms with van der Waals surface area (Å²) in [7, 11) is 0. The molecule has 1 aromatic heterocycles. The van der Waals surface area contributed by atoms with Gasteiger partial charge in [-0.05, 0) is 52.9 Å². The van der Waals surface area contributed by atoms with Gasteiger partial charge in [-0.25, -0.2) is 0 Å². The highest BCUT2D eigenvalue weighted by molar-refractivity contribution is 7.98. The van der Waals surface area contributed by atoms with E-state index in [-0.39, 0.29) is 5.91 Å². The summed E-state index contributed by atoms with van der Waals surface area (Å²) in [5.74, 6) is 2.69. The zero-order valence-corrected chi connectivity index (χ0v) is 14.2. The third-order valence-electron chi connectivity index (χ3n) is 4.48. The van der Waals surface area contributed by atoms with Gasteiger partial charge in [0.15, 0.2) is 0 Å². The Morgan fingerprint density at radius 3 is 2.79 bits per heavy atom. The van der Waals surface area contributed by atoms with Crippen LogP contribution in [0.25, 0.3) is 10.8 Å². The number of furan rings is 1. The molecular formula is C20H19NO2S. The Labute approximate surface area is 145 Å². The summed E-state index contributed by atoms with van der Waals surface area (Å²) in [6, 6.07) is 14.2. The maximum Gasteiger partial charge on any atom is 0.251 e. The second-order valence-electron chi connectivity index (χ2n) is 6.00. The van der Waals surface area contributed by atoms with Crippen LogP contribution in [-0.2, 0) is 18.6 Å². The topological polar surface area (TPSA) is 42.2 Å². The quantitative estimate of drug-likeness (QED) is 0.686. The number of amides is 1. The average molecular weight is 337 g/mol. The van der Waals surface area contributed by atoms with Crippen molar-refractivity contribution in [3.05, 3.63) is 71.2 Å². The highest BCUT2D eigenvalue weighted by atomic mass is 32.2. The SMILES string of the molecule is O=C(NCCSCc1ccco1)c1ccc2c3c(cccc13)CC2. The Hall–Kier alpha value is -2.20. The minimum atomic E-state index is 0.0178. The molecule has 1 heterocycles. The number of carbonyl (C=O) groups is 1. The number of nitrogens with one attached hydrogen (secondary N) is 1. The van der Waals surface area contributed by atoms with Crippen molar-refractivity contribution in [2.45, 2.75) is 18.6 Å². The largest absolute Gasteiger partial charge is 0.468 e. The molecule has 1 aliphatic rings. The summed E-state index contributed by atoms with van der Waals surface area (Å²) < 4.78 is 5.30. The van der Waals surface area contributed by atoms with Crippen LogP contribution in [0.5, 0.6) is 0 Å². The number of rotatable bonds is 6. The van der Waals surface area contributed by atoms with Gasteiger partial charge in [0.2, 0.25) is 0 Å². The highest BCUT2D eigenvalue weighted by Gasteiger charge is 2.18. The lowest BCUT2D eigenvalue weighted by atomic mass is 9.99. The number of aryl methyl sites for hydroxylation is 2. The lowest BCUT2D eigenvalue weighted by Crippen LogP contribution is -2.26. The van der Waals surface area contributed by atoms with Gasteiger partial charge in [-0.15, -0.1) is 0 Å². The van der Waals surface area contributed by atoms with Crippen molar-refractivity contribution in [3.8, 4) is 0 Å². The summed E-state index contributed by atoms with van der Waals surface area (Å²) in [5.41, 5.74) is 3.52. The third-order valence-corrected chi connectivity index (χ3v) is 5.46. The minimum absolute atomic E-state index is 0.0178. The molecule has 0 fully saturated rings. The Kier molecular flexibility index (Phi) is 4.30. The number of hydrogen-bond acceptors (Lipinski definition) is 3. The molecule has 3 aromatic rings. The molecule has 0 saturated heterocycles. The van der Waals surface area contributed by atoms with E-state index in [1.54, 1.807) is 18.0 Å². The van der Waals surface area contributed by atoms with Crippen LogP contribution < -0.4 is 5.32 Å². The molecular weight excluding hydrogens is 318 g/mol. The summed E-state index contributed by atoms with van der Waals surface area (Å²) >= 11 is 1.76. The molecule has 0 aliphatic heterocycles. The van der Waals surface area contributed by atoms with Gasteiger partial charge in [0, 0.05) is 17.9 Å². The summed E-state index contributed by atoms with van der Waals surface area (Å²) in [6.07, 6.45) is 3.86. The molecule has 0 bridgehead atoms. The van der Waals surface area contributed by atoms with Crippen molar-refractivity contribution < 1.29 is 9.21 Å². The number of hydrogen-bond donors (Lipinski definition) is 1. The second-order valence-corrected chi connectivity index (χ2v) is 7.10. The fraction of sp³-hybridized carbons (Fsp3) is 0.250. The summed E-state index contributed by atoms with van der Waals surface area (Å²) in [5, 5.41) is 5.42. The lowest BCUT2D eigenvalue weighted by molar-refractivity contribution is 0.0958. The predicted molar refractivity (Wildman–Crippen MR) is 98.6 cm³/mol. The Morgan fingerprint density at radius 1 is 1.08 bits per heavy atom. The smallest absolute Gasteiger partial charge is 0.251 e. The molecule has 3 nitrogen and oxygen atoms in total. The summed E-state index contributed by atoms with van der Waals surface area (Å²) in [6.45, 7) is 0.660. The van der Waals surface area contributed by atoms with E-state index in [9.17, 15) is 4.79 Å². The first-order chi connectivity index (χ1) is 11.8. The third kappa shape index (κ3) is 2.94. The standard InChI is InChI=1S/C20H19NO2S/c22-20(21-10-12-24-13-16-4-2-11-23-16)18-9-8-15-7-6-14-3-1-5-17(18)19(14)15/h1-5,8-9,11H,6-7,10,12-13H2,(H,21,22). The molecule has 0 radical (unpaired) electrons. The maximum atomic E-state index is 12.6. The van der Waals surface area contributed by atoms with Gasteiger partial charge in [-0.1, -0.05) is 24.3 Å². The minimum Gasteiger partial charge on any atom is -0.468 e. The zero-order chi connectivity index (χ0) is 16.4. The first kappa shape index (κ1) is 15.3. The van der Waals surface area contributed by atoms with E-state index >= 15 is 0 Å². The van der Waals surface area contributed by atoms with Gasteiger partial charge >= 0.3 is 0 Å². The number of carbonyl (C=O) groups excluding carboxylic acids is 1. The van der Waals surface area contributed by atoms with Gasteiger partial charge in [0.25, 0.3) is 5.91 Å². The molecule has 4 rings (SSSR count). The molecule has 4 heteroatoms. The zero-order valence-electron chi connectivity index (χ0n) is 13.4. The lowest BCUT2D eigenvalue weighted by Gasteiger charge is -2.09. The molecule has 24 heavy (non-hydrogen) atoms. The summed E-state index contributed by atoms with van der Waals surface area (Å²) in [4.78, 5) is 12.6. The van der Waals surface area contributed by atoms with Gasteiger partial charge in [-0.2, -0.15) is 11.8 Å². The fourth-order valence-corrected chi connectivity index (χ4v) is 4.10. The first-order valence-electron chi connectivity index (χ1n) is 8.25. The van der Waals surface area contributed by atoms with Gasteiger partial charge < -0.3 is 9.73 Å². The van der Waals surface area contributed by atoms with Gasteiger partial charge in [-0.3, -0.25) is 4.79 Å². The van der Waals surface area contributed by atoms with Crippen molar-refractivity contribution in [2.24, 2.45) is 0 Å². The van der Waals surface area contributed by atoms with Crippen LogP contribution in [-0.4, -0.2) is 18.2 Å². The van der Waals surface area contributed by atoms with E-state index in [1.165, 1.54) is 16.5 Å². The van der Waals surface area contributed by atoms with Crippen molar-refractivity contribution in [2.75, 3.05) is 12.3 Å². The van der Waals surface area contributed by atoms with Crippen molar-refractivity contribution >= 4 is 28.4 Å². The van der Waals surface area contributed by atoms with E-state index in [2.05, 4.69) is 29.6 Å². The molecule has 1 N–H and O–H groups in total. The van der Waals surface area contributed by atoms with E-state index in [1.807, 2.05) is 18.2 Å². The molecule has 1 aliphatic carbocycles. The second kappa shape index (κ2) is 6.73. The monoisotopic (exact) mass is 337 g/mol. The van der Waals surface area contributed by atoms with Crippen LogP contribution in [0.2, 0.25) is 0 Å². The van der Waals surface area contributed by atoms with Crippen molar-refractivity contribution in [1.29, 1.82) is 0 Å². The Morgan fingerprint density at radius 2 is 1.96 bits per heavy atom. The van der Waals surface area contributed by atoms with Crippen LogP contribution in [0.1, 0.15) is 27.2 Å². The van der Waals surface area contributed by atoms with E-state index < -0.39 is 0 Å². The van der Waals surface area contributed by atoms with Crippen LogP contribution >= 0.6 is 11.8 Å². The normalized spacial score (nSPS) is 12.7. The van der Waals surface area contributed by atoms with Crippen LogP contribution in [0, 0.1) is 0 Å². The number of benzene rings is 2. The van der Waals surface area contributed by atoms with Crippen molar-refractivity contribution in [1.82, 2.24) is 5.32 Å². The average Bonchev–Trinajstić information content (AvgIpc) is 3.26. The van der Waals surface area contributed by atoms with Crippen molar-refractivity contribution in [3.63, 3.8) is 0 Å². The van der Waals surface area contributed by atoms with Crippen LogP contribution in [0.15, 0.2) is 53.1 Å². The van der Waals surface area contributed by atoms with Crippen LogP contribution in [0.4, 0.5) is 0 Å². The predicted octanol–water partition coefficient (Wildman–Crippen LogP) is 4.19. The molecule has 2 aromatic carbocycles. The Balaban J connectivity index is 1.39. The van der Waals surface area contributed by atoms with E-state index in [0.29, 0.717) is 6.54 Å². The van der Waals surface area contributed by atoms with E-state index in [4.69, 9.17) is 4.42 Å². The number of thioether (sulfide) groups is 1. The maximum absolute atomic E-state index is 12.6. The molecule has 1 amide bonds. The van der Waals surface area contributed by atoms with E-state index in [0.717, 1.165) is 41.1 Å². The molecule has 0 atom stereocenters. The molecule has 0 saturated carbocycles. The highest BCUT2D eigenvalue weighted by Crippen LogP contribution is 2.32. The molecule has 0 unspecified atom stereocenters. The Bertz CT molecular complexity index is 860. The molecule has 122 valence electrons. The fourth-order valence-electron chi connectivity index (χ4n) is 3.34. The first-order valence-corrected chi connectivity index (χ1v) is 9.40. The molecule has 0 spiro atoms.